The maximum atomic E-state index is 10.1. The second kappa shape index (κ2) is 9.69. The number of piperazine rings is 1. The van der Waals surface area contributed by atoms with E-state index in [1.165, 1.54) is 12.8 Å². The average Bonchev–Trinajstić information content (AvgIpc) is 3.61. The number of hydrogen-bond acceptors (Lipinski definition) is 5. The van der Waals surface area contributed by atoms with E-state index in [0.29, 0.717) is 24.1 Å². The summed E-state index contributed by atoms with van der Waals surface area (Å²) >= 11 is 0. The summed E-state index contributed by atoms with van der Waals surface area (Å²) in [6.07, 6.45) is 4.34. The molecule has 0 bridgehead atoms. The fourth-order valence-corrected chi connectivity index (χ4v) is 3.60. The van der Waals surface area contributed by atoms with Gasteiger partial charge < -0.3 is 25.0 Å². The number of rotatable bonds is 7. The molecule has 2 aromatic rings. The van der Waals surface area contributed by atoms with Crippen LogP contribution < -0.4 is 15.0 Å². The van der Waals surface area contributed by atoms with Crippen LogP contribution in [-0.4, -0.2) is 60.3 Å². The molecule has 30 heavy (non-hydrogen) atoms. The number of aromatic hydroxyl groups is 1. The van der Waals surface area contributed by atoms with Crippen LogP contribution in [0.4, 0.5) is 5.69 Å². The molecular weight excluding hydrogens is 378 g/mol. The van der Waals surface area contributed by atoms with Crippen molar-refractivity contribution in [3.63, 3.8) is 0 Å². The van der Waals surface area contributed by atoms with Crippen LogP contribution in [-0.2, 0) is 6.54 Å². The van der Waals surface area contributed by atoms with Gasteiger partial charge in [0, 0.05) is 45.0 Å². The number of nitrogens with one attached hydrogen (secondary N) is 1. The predicted molar refractivity (Wildman–Crippen MR) is 119 cm³/mol. The van der Waals surface area contributed by atoms with Gasteiger partial charge in [-0.25, -0.2) is 9.98 Å². The molecule has 0 spiro atoms. The minimum absolute atomic E-state index is 0.337. The molecule has 1 aliphatic carbocycles. The van der Waals surface area contributed by atoms with Crippen molar-refractivity contribution in [2.75, 3.05) is 44.2 Å². The Morgan fingerprint density at radius 2 is 2.00 bits per heavy atom. The molecule has 7 nitrogen and oxygen atoms in total. The summed E-state index contributed by atoms with van der Waals surface area (Å²) in [5.74, 6) is 2.66. The highest BCUT2D eigenvalue weighted by atomic mass is 16.5. The molecular formula is C23H31N5O2. The van der Waals surface area contributed by atoms with Crippen LogP contribution in [0.3, 0.4) is 0 Å². The number of anilines is 1. The van der Waals surface area contributed by atoms with Gasteiger partial charge in [0.15, 0.2) is 5.96 Å². The molecule has 1 saturated carbocycles. The van der Waals surface area contributed by atoms with E-state index in [1.54, 1.807) is 12.3 Å². The van der Waals surface area contributed by atoms with Gasteiger partial charge in [0.25, 0.3) is 0 Å². The largest absolute Gasteiger partial charge is 0.506 e. The smallest absolute Gasteiger partial charge is 0.213 e. The predicted octanol–water partition coefficient (Wildman–Crippen LogP) is 2.86. The number of aromatic nitrogens is 1. The quantitative estimate of drug-likeness (QED) is 0.541. The number of ether oxygens (including phenoxy) is 1. The summed E-state index contributed by atoms with van der Waals surface area (Å²) in [6.45, 7) is 7.66. The third-order valence-electron chi connectivity index (χ3n) is 5.51. The van der Waals surface area contributed by atoms with E-state index in [0.717, 1.165) is 56.5 Å². The van der Waals surface area contributed by atoms with E-state index in [4.69, 9.17) is 9.73 Å². The maximum Gasteiger partial charge on any atom is 0.213 e. The Morgan fingerprint density at radius 1 is 1.20 bits per heavy atom. The summed E-state index contributed by atoms with van der Waals surface area (Å²) < 4.78 is 5.79. The lowest BCUT2D eigenvalue weighted by atomic mass is 10.2. The minimum atomic E-state index is 0.337. The Balaban J connectivity index is 1.36. The zero-order valence-electron chi connectivity index (χ0n) is 17.6. The monoisotopic (exact) mass is 409 g/mol. The second-order valence-corrected chi connectivity index (χ2v) is 7.89. The summed E-state index contributed by atoms with van der Waals surface area (Å²) in [4.78, 5) is 13.7. The number of nitrogens with zero attached hydrogens (tertiary/aromatic N) is 4. The number of guanidine groups is 1. The van der Waals surface area contributed by atoms with Gasteiger partial charge in [-0.15, -0.1) is 0 Å². The Hall–Kier alpha value is -2.96. The van der Waals surface area contributed by atoms with Gasteiger partial charge in [-0.05, 0) is 49.4 Å². The summed E-state index contributed by atoms with van der Waals surface area (Å²) in [7, 11) is 0. The standard InChI is InChI=1S/C23H31N5O2/c1-2-24-23(26-16-19-9-10-25-22(15-19)30-17-18-7-8-18)28-13-11-27(12-14-28)20-5-3-4-6-21(20)29/h3-6,9-10,15,18,29H,2,7-8,11-14,16-17H2,1H3,(H,24,26). The van der Waals surface area contributed by atoms with Crippen LogP contribution in [0, 0.1) is 5.92 Å². The molecule has 2 heterocycles. The van der Waals surface area contributed by atoms with E-state index in [-0.39, 0.29) is 0 Å². The fourth-order valence-electron chi connectivity index (χ4n) is 3.60. The highest BCUT2D eigenvalue weighted by Gasteiger charge is 2.22. The van der Waals surface area contributed by atoms with E-state index in [1.807, 2.05) is 30.3 Å². The highest BCUT2D eigenvalue weighted by molar-refractivity contribution is 5.80. The first-order valence-corrected chi connectivity index (χ1v) is 10.9. The van der Waals surface area contributed by atoms with Gasteiger partial charge in [0.2, 0.25) is 5.88 Å². The molecule has 0 amide bonds. The van der Waals surface area contributed by atoms with Crippen LogP contribution in [0.25, 0.3) is 0 Å². The SMILES string of the molecule is CCNC(=NCc1ccnc(OCC2CC2)c1)N1CCN(c2ccccc2O)CC1. The van der Waals surface area contributed by atoms with Gasteiger partial charge in [-0.3, -0.25) is 0 Å². The number of para-hydroxylation sites is 2. The van der Waals surface area contributed by atoms with Crippen molar-refractivity contribution in [1.29, 1.82) is 0 Å². The van der Waals surface area contributed by atoms with Crippen molar-refractivity contribution in [2.45, 2.75) is 26.3 Å². The number of aliphatic imine (C=N–C) groups is 1. The number of pyridine rings is 1. The third-order valence-corrected chi connectivity index (χ3v) is 5.51. The van der Waals surface area contributed by atoms with E-state index in [2.05, 4.69) is 27.0 Å². The lowest BCUT2D eigenvalue weighted by Gasteiger charge is -2.37. The summed E-state index contributed by atoms with van der Waals surface area (Å²) in [5.41, 5.74) is 1.99. The summed E-state index contributed by atoms with van der Waals surface area (Å²) in [6, 6.07) is 11.5. The molecule has 7 heteroatoms. The molecule has 0 unspecified atom stereocenters. The van der Waals surface area contributed by atoms with Gasteiger partial charge in [-0.1, -0.05) is 12.1 Å². The van der Waals surface area contributed by atoms with Crippen molar-refractivity contribution < 1.29 is 9.84 Å². The first-order valence-electron chi connectivity index (χ1n) is 10.9. The average molecular weight is 410 g/mol. The molecule has 2 N–H and O–H groups in total. The molecule has 0 radical (unpaired) electrons. The van der Waals surface area contributed by atoms with Crippen molar-refractivity contribution in [3.05, 3.63) is 48.2 Å². The molecule has 160 valence electrons. The van der Waals surface area contributed by atoms with E-state index in [9.17, 15) is 5.11 Å². The van der Waals surface area contributed by atoms with Gasteiger partial charge in [-0.2, -0.15) is 0 Å². The van der Waals surface area contributed by atoms with Gasteiger partial charge >= 0.3 is 0 Å². The molecule has 2 fully saturated rings. The van der Waals surface area contributed by atoms with Crippen molar-refractivity contribution in [1.82, 2.24) is 15.2 Å². The fraction of sp³-hybridized carbons (Fsp3) is 0.478. The number of phenols is 1. The van der Waals surface area contributed by atoms with Crippen molar-refractivity contribution in [2.24, 2.45) is 10.9 Å². The first-order chi connectivity index (χ1) is 14.7. The van der Waals surface area contributed by atoms with E-state index < -0.39 is 0 Å². The highest BCUT2D eigenvalue weighted by Crippen LogP contribution is 2.29. The second-order valence-electron chi connectivity index (χ2n) is 7.89. The minimum Gasteiger partial charge on any atom is -0.506 e. The van der Waals surface area contributed by atoms with Gasteiger partial charge in [0.1, 0.15) is 5.75 Å². The molecule has 2 aliphatic rings. The first kappa shape index (κ1) is 20.3. The van der Waals surface area contributed by atoms with E-state index >= 15 is 0 Å². The Bertz CT molecular complexity index is 860. The Labute approximate surface area is 178 Å². The van der Waals surface area contributed by atoms with Crippen LogP contribution in [0.1, 0.15) is 25.3 Å². The molecule has 1 aliphatic heterocycles. The Morgan fingerprint density at radius 3 is 2.73 bits per heavy atom. The van der Waals surface area contributed by atoms with Crippen LogP contribution in [0.15, 0.2) is 47.6 Å². The zero-order chi connectivity index (χ0) is 20.8. The normalized spacial score (nSPS) is 17.2. The van der Waals surface area contributed by atoms with Crippen LogP contribution in [0.2, 0.25) is 0 Å². The van der Waals surface area contributed by atoms with Crippen molar-refractivity contribution in [3.8, 4) is 11.6 Å². The maximum absolute atomic E-state index is 10.1. The van der Waals surface area contributed by atoms with Crippen molar-refractivity contribution >= 4 is 11.6 Å². The molecule has 1 aromatic heterocycles. The molecule has 0 atom stereocenters. The van der Waals surface area contributed by atoms with Gasteiger partial charge in [0.05, 0.1) is 18.8 Å². The summed E-state index contributed by atoms with van der Waals surface area (Å²) in [5, 5.41) is 13.5. The third kappa shape index (κ3) is 5.34. The Kier molecular flexibility index (Phi) is 6.57. The molecule has 1 saturated heterocycles. The lowest BCUT2D eigenvalue weighted by molar-refractivity contribution is 0.288. The van der Waals surface area contributed by atoms with Crippen LogP contribution >= 0.6 is 0 Å². The zero-order valence-corrected chi connectivity index (χ0v) is 17.6. The lowest BCUT2D eigenvalue weighted by Crippen LogP contribution is -2.52. The topological polar surface area (TPSA) is 73.2 Å². The molecule has 1 aromatic carbocycles. The number of benzene rings is 1. The number of phenolic OH excluding ortho intramolecular Hbond substituents is 1. The molecule has 4 rings (SSSR count). The van der Waals surface area contributed by atoms with Crippen LogP contribution in [0.5, 0.6) is 11.6 Å². The number of hydrogen-bond donors (Lipinski definition) is 2.